The Labute approximate surface area is 126 Å². The lowest BCUT2D eigenvalue weighted by Gasteiger charge is -2.02. The first-order chi connectivity index (χ1) is 10.2. The van der Waals surface area contributed by atoms with Gasteiger partial charge in [-0.25, -0.2) is 0 Å². The first kappa shape index (κ1) is 16.5. The summed E-state index contributed by atoms with van der Waals surface area (Å²) in [5.74, 6) is 0.649. The fourth-order valence-corrected chi connectivity index (χ4v) is 1.40. The number of hydrogen-bond donors (Lipinski definition) is 4. The molecule has 4 N–H and O–H groups in total. The second-order valence-electron chi connectivity index (χ2n) is 3.53. The summed E-state index contributed by atoms with van der Waals surface area (Å²) in [5, 5.41) is 23.5. The molecule has 1 rings (SSSR count). The van der Waals surface area contributed by atoms with Crippen molar-refractivity contribution in [1.82, 2.24) is 10.9 Å². The summed E-state index contributed by atoms with van der Waals surface area (Å²) in [5.41, 5.74) is 5.03. The van der Waals surface area contributed by atoms with Crippen molar-refractivity contribution in [2.45, 2.75) is 6.92 Å². The fraction of sp³-hybridized carbons (Fsp3) is 0.167. The van der Waals surface area contributed by atoms with Crippen molar-refractivity contribution >= 4 is 35.6 Å². The summed E-state index contributed by atoms with van der Waals surface area (Å²) in [6, 6.07) is 7.32. The molecule has 0 heterocycles. The Morgan fingerprint density at radius 2 is 2.10 bits per heavy atom. The van der Waals surface area contributed by atoms with Crippen LogP contribution in [0.15, 0.2) is 39.5 Å². The van der Waals surface area contributed by atoms with Crippen molar-refractivity contribution in [2.75, 3.05) is 6.61 Å². The molecule has 1 aromatic rings. The second kappa shape index (κ2) is 9.39. The van der Waals surface area contributed by atoms with Crippen LogP contribution in [-0.2, 0) is 0 Å². The third-order valence-electron chi connectivity index (χ3n) is 2.08. The highest BCUT2D eigenvalue weighted by Crippen LogP contribution is 2.10. The van der Waals surface area contributed by atoms with E-state index in [1.807, 2.05) is 31.2 Å². The molecule has 0 aliphatic carbocycles. The van der Waals surface area contributed by atoms with Gasteiger partial charge in [0.2, 0.25) is 5.11 Å². The van der Waals surface area contributed by atoms with E-state index in [1.165, 1.54) is 0 Å². The molecule has 0 radical (unpaired) electrons. The number of oxime groups is 1. The average molecular weight is 309 g/mol. The Morgan fingerprint density at radius 1 is 1.38 bits per heavy atom. The van der Waals surface area contributed by atoms with Gasteiger partial charge in [-0.3, -0.25) is 16.1 Å². The van der Waals surface area contributed by atoms with E-state index >= 15 is 0 Å². The van der Waals surface area contributed by atoms with Crippen LogP contribution < -0.4 is 15.6 Å². The molecule has 0 fully saturated rings. The number of aliphatic imine (C=N–C) groups is 1. The van der Waals surface area contributed by atoms with Gasteiger partial charge in [0.25, 0.3) is 0 Å². The summed E-state index contributed by atoms with van der Waals surface area (Å²) in [6.07, 6.45) is 2.42. The molecule has 21 heavy (non-hydrogen) atoms. The number of rotatable bonds is 5. The van der Waals surface area contributed by atoms with E-state index in [0.29, 0.717) is 6.61 Å². The normalized spacial score (nSPS) is 11.8. The lowest BCUT2D eigenvalue weighted by Crippen LogP contribution is -2.24. The van der Waals surface area contributed by atoms with Crippen molar-refractivity contribution in [2.24, 2.45) is 15.2 Å². The maximum Gasteiger partial charge on any atom is 0.215 e. The molecule has 0 saturated carbocycles. The largest absolute Gasteiger partial charge is 0.494 e. The quantitative estimate of drug-likeness (QED) is 0.213. The zero-order valence-electron chi connectivity index (χ0n) is 11.2. The van der Waals surface area contributed by atoms with Gasteiger partial charge in [-0.05, 0) is 49.0 Å². The lowest BCUT2D eigenvalue weighted by atomic mass is 10.2. The lowest BCUT2D eigenvalue weighted by molar-refractivity contribution is 0.236. The van der Waals surface area contributed by atoms with Gasteiger partial charge in [-0.2, -0.15) is 10.1 Å². The highest BCUT2D eigenvalue weighted by atomic mass is 32.1. The second-order valence-corrected chi connectivity index (χ2v) is 3.92. The van der Waals surface area contributed by atoms with Crippen molar-refractivity contribution in [3.05, 3.63) is 29.8 Å². The molecule has 112 valence electrons. The van der Waals surface area contributed by atoms with Gasteiger partial charge >= 0.3 is 0 Å². The van der Waals surface area contributed by atoms with Gasteiger partial charge < -0.3 is 9.94 Å². The van der Waals surface area contributed by atoms with E-state index in [4.69, 9.17) is 27.4 Å². The minimum atomic E-state index is -0.133. The van der Waals surface area contributed by atoms with Crippen LogP contribution in [0.3, 0.4) is 0 Å². The molecule has 0 spiro atoms. The number of nitrogens with one attached hydrogen (secondary N) is 2. The van der Waals surface area contributed by atoms with E-state index in [2.05, 4.69) is 20.7 Å². The predicted molar refractivity (Wildman–Crippen MR) is 83.6 cm³/mol. The Hall–Kier alpha value is -2.52. The summed E-state index contributed by atoms with van der Waals surface area (Å²) in [4.78, 5) is 3.69. The molecule has 0 aliphatic rings. The summed E-state index contributed by atoms with van der Waals surface area (Å²) in [6.45, 7) is 2.53. The number of hydroxylamine groups is 1. The number of thiocarbonyl (C=S) groups is 1. The zero-order chi connectivity index (χ0) is 15.5. The van der Waals surface area contributed by atoms with Gasteiger partial charge in [0, 0.05) is 0 Å². The minimum Gasteiger partial charge on any atom is -0.494 e. The van der Waals surface area contributed by atoms with E-state index in [9.17, 15) is 0 Å². The monoisotopic (exact) mass is 309 g/mol. The van der Waals surface area contributed by atoms with Crippen LogP contribution in [0.4, 0.5) is 0 Å². The third kappa shape index (κ3) is 6.45. The Kier molecular flexibility index (Phi) is 7.40. The number of nitrogens with zero attached hydrogens (tertiary/aromatic N) is 3. The zero-order valence-corrected chi connectivity index (χ0v) is 12.0. The minimum absolute atomic E-state index is 0.0198. The predicted octanol–water partition coefficient (Wildman–Crippen LogP) is 1.13. The van der Waals surface area contributed by atoms with Crippen molar-refractivity contribution in [1.29, 1.82) is 0 Å². The highest BCUT2D eigenvalue weighted by molar-refractivity contribution is 7.80. The van der Waals surface area contributed by atoms with E-state index in [1.54, 1.807) is 11.7 Å². The molecule has 0 amide bonds. The molecule has 0 atom stereocenters. The summed E-state index contributed by atoms with van der Waals surface area (Å²) in [7, 11) is 0. The fourth-order valence-electron chi connectivity index (χ4n) is 1.25. The summed E-state index contributed by atoms with van der Waals surface area (Å²) >= 11 is 4.85. The molecule has 0 saturated heterocycles. The van der Waals surface area contributed by atoms with Gasteiger partial charge in [0.15, 0.2) is 5.84 Å². The molecule has 0 aliphatic heterocycles. The molecular weight excluding hydrogens is 294 g/mol. The number of hydrazone groups is 1. The van der Waals surface area contributed by atoms with Crippen LogP contribution in [0, 0.1) is 0 Å². The van der Waals surface area contributed by atoms with Gasteiger partial charge in [-0.15, -0.1) is 0 Å². The van der Waals surface area contributed by atoms with Crippen molar-refractivity contribution in [3.8, 4) is 5.75 Å². The topological polar surface area (TPSA) is 111 Å². The first-order valence-electron chi connectivity index (χ1n) is 5.91. The average Bonchev–Trinajstić information content (AvgIpc) is 2.49. The van der Waals surface area contributed by atoms with E-state index < -0.39 is 0 Å². The Balaban J connectivity index is 2.55. The molecule has 8 nitrogen and oxygen atoms in total. The van der Waals surface area contributed by atoms with Crippen LogP contribution in [0.2, 0.25) is 0 Å². The van der Waals surface area contributed by atoms with Crippen molar-refractivity contribution < 1.29 is 15.2 Å². The van der Waals surface area contributed by atoms with Crippen LogP contribution in [0.1, 0.15) is 12.5 Å². The molecule has 1 aromatic carbocycles. The number of benzene rings is 1. The van der Waals surface area contributed by atoms with E-state index in [0.717, 1.165) is 17.5 Å². The molecule has 0 aromatic heterocycles. The molecule has 0 bridgehead atoms. The van der Waals surface area contributed by atoms with Gasteiger partial charge in [0.1, 0.15) is 12.0 Å². The van der Waals surface area contributed by atoms with Crippen LogP contribution >= 0.6 is 12.2 Å². The Bertz CT molecular complexity index is 542. The highest BCUT2D eigenvalue weighted by Gasteiger charge is 1.96. The number of amidine groups is 1. The standard InChI is InChI=1S/C12H15N5O3S/c1-2-20-10-5-3-9(4-6-10)7-13-16-12(21)15-11(17-19)8-14-18/h3-8,18-19H,2H2,1H3,(H2,15,16,17,21)/b13-7+,14-8+. The van der Waals surface area contributed by atoms with Crippen LogP contribution in [0.5, 0.6) is 5.75 Å². The number of ether oxygens (including phenoxy) is 1. The first-order valence-corrected chi connectivity index (χ1v) is 6.32. The molecule has 9 heteroatoms. The summed E-state index contributed by atoms with van der Waals surface area (Å²) < 4.78 is 5.32. The smallest absolute Gasteiger partial charge is 0.215 e. The molecular formula is C12H15N5O3S. The molecule has 0 unspecified atom stereocenters. The van der Waals surface area contributed by atoms with Crippen LogP contribution in [0.25, 0.3) is 0 Å². The Morgan fingerprint density at radius 3 is 2.67 bits per heavy atom. The third-order valence-corrected chi connectivity index (χ3v) is 2.26. The number of hydrogen-bond acceptors (Lipinski definition) is 6. The van der Waals surface area contributed by atoms with Gasteiger partial charge in [-0.1, -0.05) is 5.16 Å². The van der Waals surface area contributed by atoms with Crippen LogP contribution in [-0.4, -0.2) is 40.4 Å². The van der Waals surface area contributed by atoms with Crippen molar-refractivity contribution in [3.63, 3.8) is 0 Å². The van der Waals surface area contributed by atoms with E-state index in [-0.39, 0.29) is 10.9 Å². The van der Waals surface area contributed by atoms with Gasteiger partial charge in [0.05, 0.1) is 12.8 Å². The maximum atomic E-state index is 8.66. The SMILES string of the molecule is CCOc1ccc(/C=N/NC(=S)/N=C(/C=N/O)NO)cc1. The maximum absolute atomic E-state index is 8.66.